The van der Waals surface area contributed by atoms with E-state index in [-0.39, 0.29) is 18.9 Å². The van der Waals surface area contributed by atoms with Crippen molar-refractivity contribution in [1.82, 2.24) is 4.90 Å². The molecule has 0 saturated carbocycles. The molecule has 0 radical (unpaired) electrons. The van der Waals surface area contributed by atoms with Gasteiger partial charge in [-0.05, 0) is 19.0 Å². The zero-order chi connectivity index (χ0) is 13.5. The van der Waals surface area contributed by atoms with Crippen LogP contribution < -0.4 is 5.73 Å². The minimum atomic E-state index is -0.602. The summed E-state index contributed by atoms with van der Waals surface area (Å²) in [5.41, 5.74) is 5.81. The van der Waals surface area contributed by atoms with Gasteiger partial charge in [0, 0.05) is 18.2 Å². The normalized spacial score (nSPS) is 12.1. The van der Waals surface area contributed by atoms with Crippen LogP contribution >= 0.6 is 0 Å². The third-order valence-corrected chi connectivity index (χ3v) is 2.46. The number of nitrogens with zero attached hydrogens (tertiary/aromatic N) is 2. The van der Waals surface area contributed by atoms with Gasteiger partial charge >= 0.3 is 0 Å². The van der Waals surface area contributed by atoms with Crippen LogP contribution in [0.2, 0.25) is 0 Å². The summed E-state index contributed by atoms with van der Waals surface area (Å²) in [4.78, 5) is 1.82. The highest BCUT2D eigenvalue weighted by Gasteiger charge is 2.11. The summed E-state index contributed by atoms with van der Waals surface area (Å²) in [7, 11) is 0. The summed E-state index contributed by atoms with van der Waals surface area (Å²) in [6.07, 6.45) is 0.849. The molecule has 1 aromatic carbocycles. The lowest BCUT2D eigenvalue weighted by Gasteiger charge is -2.21. The van der Waals surface area contributed by atoms with Crippen LogP contribution in [0, 0.1) is 11.6 Å². The SMILES string of the molecule is CCCN(CC(N)=NO)Cc1ccc(F)cc1F. The smallest absolute Gasteiger partial charge is 0.153 e. The molecule has 0 heterocycles. The van der Waals surface area contributed by atoms with Crippen LogP contribution in [-0.4, -0.2) is 29.0 Å². The first-order valence-electron chi connectivity index (χ1n) is 5.69. The highest BCUT2D eigenvalue weighted by Crippen LogP contribution is 2.12. The fourth-order valence-electron chi connectivity index (χ4n) is 1.68. The average molecular weight is 257 g/mol. The van der Waals surface area contributed by atoms with Crippen LogP contribution in [0.25, 0.3) is 0 Å². The molecule has 6 heteroatoms. The Balaban J connectivity index is 2.76. The molecule has 100 valence electrons. The standard InChI is InChI=1S/C12H17F2N3O/c1-2-5-17(8-12(15)16-18)7-9-3-4-10(13)6-11(9)14/h3-4,6,18H,2,5,7-8H2,1H3,(H2,15,16). The minimum absolute atomic E-state index is 0.0611. The van der Waals surface area contributed by atoms with Crippen molar-refractivity contribution in [3.63, 3.8) is 0 Å². The van der Waals surface area contributed by atoms with E-state index in [0.717, 1.165) is 12.5 Å². The lowest BCUT2D eigenvalue weighted by atomic mass is 10.2. The summed E-state index contributed by atoms with van der Waals surface area (Å²) in [6, 6.07) is 3.47. The van der Waals surface area contributed by atoms with E-state index in [9.17, 15) is 8.78 Å². The summed E-state index contributed by atoms with van der Waals surface area (Å²) in [5.74, 6) is -1.13. The monoisotopic (exact) mass is 257 g/mol. The van der Waals surface area contributed by atoms with Crippen LogP contribution in [0.3, 0.4) is 0 Å². The largest absolute Gasteiger partial charge is 0.409 e. The van der Waals surface area contributed by atoms with Crippen molar-refractivity contribution in [2.75, 3.05) is 13.1 Å². The molecule has 1 aromatic rings. The van der Waals surface area contributed by atoms with Crippen LogP contribution in [0.1, 0.15) is 18.9 Å². The average Bonchev–Trinajstić information content (AvgIpc) is 2.32. The third-order valence-electron chi connectivity index (χ3n) is 2.46. The molecule has 3 N–H and O–H groups in total. The Morgan fingerprint density at radius 1 is 1.44 bits per heavy atom. The minimum Gasteiger partial charge on any atom is -0.409 e. The second-order valence-corrected chi connectivity index (χ2v) is 4.04. The van der Waals surface area contributed by atoms with Crippen molar-refractivity contribution in [2.45, 2.75) is 19.9 Å². The molecular weight excluding hydrogens is 240 g/mol. The Kier molecular flexibility index (Phi) is 5.51. The number of hydrogen-bond acceptors (Lipinski definition) is 3. The fourth-order valence-corrected chi connectivity index (χ4v) is 1.68. The fraction of sp³-hybridized carbons (Fsp3) is 0.417. The second kappa shape index (κ2) is 6.90. The zero-order valence-electron chi connectivity index (χ0n) is 10.2. The number of rotatable bonds is 6. The molecule has 0 unspecified atom stereocenters. The number of halogens is 2. The van der Waals surface area contributed by atoms with Gasteiger partial charge in [0.2, 0.25) is 0 Å². The predicted molar refractivity (Wildman–Crippen MR) is 65.3 cm³/mol. The molecule has 1 rings (SSSR count). The molecule has 0 amide bonds. The van der Waals surface area contributed by atoms with Gasteiger partial charge < -0.3 is 10.9 Å². The second-order valence-electron chi connectivity index (χ2n) is 4.04. The Morgan fingerprint density at radius 3 is 2.72 bits per heavy atom. The first-order chi connectivity index (χ1) is 8.56. The number of benzene rings is 1. The maximum absolute atomic E-state index is 13.5. The van der Waals surface area contributed by atoms with E-state index in [2.05, 4.69) is 5.16 Å². The number of amidine groups is 1. The van der Waals surface area contributed by atoms with Gasteiger partial charge in [-0.2, -0.15) is 0 Å². The topological polar surface area (TPSA) is 61.8 Å². The van der Waals surface area contributed by atoms with E-state index in [1.165, 1.54) is 12.1 Å². The molecule has 0 aliphatic heterocycles. The maximum atomic E-state index is 13.5. The van der Waals surface area contributed by atoms with E-state index >= 15 is 0 Å². The molecule has 4 nitrogen and oxygen atoms in total. The van der Waals surface area contributed by atoms with Crippen molar-refractivity contribution < 1.29 is 14.0 Å². The molecule has 0 spiro atoms. The van der Waals surface area contributed by atoms with Gasteiger partial charge in [-0.25, -0.2) is 8.78 Å². The Hall–Kier alpha value is -1.69. The zero-order valence-corrected chi connectivity index (χ0v) is 10.2. The van der Waals surface area contributed by atoms with Gasteiger partial charge in [-0.3, -0.25) is 4.90 Å². The van der Waals surface area contributed by atoms with Crippen LogP contribution in [0.5, 0.6) is 0 Å². The van der Waals surface area contributed by atoms with Crippen LogP contribution in [-0.2, 0) is 6.54 Å². The first kappa shape index (κ1) is 14.4. The van der Waals surface area contributed by atoms with Gasteiger partial charge in [-0.15, -0.1) is 0 Å². The summed E-state index contributed by atoms with van der Waals surface area (Å²) >= 11 is 0. The van der Waals surface area contributed by atoms with Crippen molar-refractivity contribution >= 4 is 5.84 Å². The molecule has 0 aromatic heterocycles. The van der Waals surface area contributed by atoms with Crippen LogP contribution in [0.15, 0.2) is 23.4 Å². The third kappa shape index (κ3) is 4.29. The van der Waals surface area contributed by atoms with Crippen molar-refractivity contribution in [1.29, 1.82) is 0 Å². The Morgan fingerprint density at radius 2 is 2.17 bits per heavy atom. The van der Waals surface area contributed by atoms with E-state index in [4.69, 9.17) is 10.9 Å². The van der Waals surface area contributed by atoms with Gasteiger partial charge in [-0.1, -0.05) is 18.1 Å². The highest BCUT2D eigenvalue weighted by atomic mass is 19.1. The van der Waals surface area contributed by atoms with Crippen molar-refractivity contribution in [3.8, 4) is 0 Å². The van der Waals surface area contributed by atoms with E-state index in [1.807, 2.05) is 11.8 Å². The van der Waals surface area contributed by atoms with Crippen LogP contribution in [0.4, 0.5) is 8.78 Å². The first-order valence-corrected chi connectivity index (χ1v) is 5.69. The molecule has 0 fully saturated rings. The lowest BCUT2D eigenvalue weighted by molar-refractivity contribution is 0.283. The summed E-state index contributed by atoms with van der Waals surface area (Å²) in [6.45, 7) is 3.17. The summed E-state index contributed by atoms with van der Waals surface area (Å²) < 4.78 is 26.3. The predicted octanol–water partition coefficient (Wildman–Crippen LogP) is 1.92. The van der Waals surface area contributed by atoms with Gasteiger partial charge in [0.15, 0.2) is 5.84 Å². The maximum Gasteiger partial charge on any atom is 0.153 e. The molecular formula is C12H17F2N3O. The molecule has 18 heavy (non-hydrogen) atoms. The van der Waals surface area contributed by atoms with Crippen molar-refractivity contribution in [2.24, 2.45) is 10.9 Å². The van der Waals surface area contributed by atoms with E-state index < -0.39 is 11.6 Å². The van der Waals surface area contributed by atoms with Crippen molar-refractivity contribution in [3.05, 3.63) is 35.4 Å². The molecule has 0 aliphatic carbocycles. The Bertz CT molecular complexity index is 424. The Labute approximate surface area is 105 Å². The van der Waals surface area contributed by atoms with Gasteiger partial charge in [0.1, 0.15) is 11.6 Å². The van der Waals surface area contributed by atoms with Gasteiger partial charge in [0.05, 0.1) is 6.54 Å². The number of hydrogen-bond donors (Lipinski definition) is 2. The molecule has 0 bridgehead atoms. The number of nitrogens with two attached hydrogens (primary N) is 1. The number of oxime groups is 1. The molecule has 0 atom stereocenters. The quantitative estimate of drug-likeness (QED) is 0.354. The lowest BCUT2D eigenvalue weighted by Crippen LogP contribution is -2.34. The summed E-state index contributed by atoms with van der Waals surface area (Å²) in [5, 5.41) is 11.4. The van der Waals surface area contributed by atoms with E-state index in [1.54, 1.807) is 0 Å². The highest BCUT2D eigenvalue weighted by molar-refractivity contribution is 5.81. The van der Waals surface area contributed by atoms with Gasteiger partial charge in [0.25, 0.3) is 0 Å². The molecule has 0 aliphatic rings. The molecule has 0 saturated heterocycles. The van der Waals surface area contributed by atoms with E-state index in [0.29, 0.717) is 12.1 Å².